The van der Waals surface area contributed by atoms with Crippen molar-refractivity contribution in [2.24, 2.45) is 11.3 Å². The third kappa shape index (κ3) is 4.18. The summed E-state index contributed by atoms with van der Waals surface area (Å²) in [6.07, 6.45) is -8.42. The van der Waals surface area contributed by atoms with E-state index in [4.69, 9.17) is 9.16 Å². The van der Waals surface area contributed by atoms with Gasteiger partial charge in [0.05, 0.1) is 0 Å². The van der Waals surface area contributed by atoms with Crippen molar-refractivity contribution in [2.75, 3.05) is 0 Å². The second kappa shape index (κ2) is 5.99. The smallest absolute Gasteiger partial charge is 0.373 e. The molecule has 3 atom stereocenters. The number of ether oxygens (including phenoxy) is 1. The van der Waals surface area contributed by atoms with Crippen molar-refractivity contribution >= 4 is 9.04 Å². The maximum Gasteiger partial charge on any atom is 0.456 e. The average molecular weight is 350 g/mol. The summed E-state index contributed by atoms with van der Waals surface area (Å²) in [7, 11) is -1.90. The van der Waals surface area contributed by atoms with Gasteiger partial charge in [-0.3, -0.25) is 0 Å². The van der Waals surface area contributed by atoms with Crippen LogP contribution in [0.5, 0.6) is 0 Å². The Balaban J connectivity index is 3.17. The lowest BCUT2D eigenvalue weighted by Gasteiger charge is -2.48. The van der Waals surface area contributed by atoms with Crippen LogP contribution in [0, 0.1) is 11.3 Å². The molecule has 0 bridgehead atoms. The van der Waals surface area contributed by atoms with Crippen LogP contribution in [0.15, 0.2) is 0 Å². The minimum Gasteiger partial charge on any atom is -0.373 e. The largest absolute Gasteiger partial charge is 0.456 e. The molecule has 0 radical (unpaired) electrons. The van der Waals surface area contributed by atoms with Crippen molar-refractivity contribution in [3.63, 3.8) is 0 Å². The summed E-state index contributed by atoms with van der Waals surface area (Å²) < 4.78 is 76.0. The molecule has 22 heavy (non-hydrogen) atoms. The van der Waals surface area contributed by atoms with Gasteiger partial charge in [0.1, 0.15) is 6.10 Å². The van der Waals surface area contributed by atoms with Crippen LogP contribution in [-0.2, 0) is 9.16 Å². The van der Waals surface area contributed by atoms with Crippen LogP contribution in [0.1, 0.15) is 33.6 Å². The van der Waals surface area contributed by atoms with Crippen molar-refractivity contribution in [1.29, 1.82) is 0 Å². The molecular formula is C13H23F5O3Si. The van der Waals surface area contributed by atoms with E-state index in [0.29, 0.717) is 0 Å². The normalized spacial score (nSPS) is 31.6. The Morgan fingerprint density at radius 1 is 1.14 bits per heavy atom. The quantitative estimate of drug-likeness (QED) is 0.479. The zero-order chi connectivity index (χ0) is 17.6. The van der Waals surface area contributed by atoms with Crippen molar-refractivity contribution in [2.45, 2.75) is 70.9 Å². The summed E-state index contributed by atoms with van der Waals surface area (Å²) in [6.45, 7) is 8.04. The molecule has 1 fully saturated rings. The van der Waals surface area contributed by atoms with E-state index < -0.39 is 44.5 Å². The fourth-order valence-electron chi connectivity index (χ4n) is 2.66. The zero-order valence-corrected chi connectivity index (χ0v) is 14.5. The van der Waals surface area contributed by atoms with E-state index in [2.05, 4.69) is 0 Å². The predicted molar refractivity (Wildman–Crippen MR) is 73.0 cm³/mol. The minimum absolute atomic E-state index is 0.0442. The number of rotatable bonds is 3. The lowest BCUT2D eigenvalue weighted by molar-refractivity contribution is -0.422. The SMILES string of the molecule is C[SiH](C)OC1(O)CC[C@@H](C(C)(C)C)[C@@H](C(F)(F)C(F)(F)F)O1. The van der Waals surface area contributed by atoms with Gasteiger partial charge in [0.2, 0.25) is 0 Å². The van der Waals surface area contributed by atoms with Crippen LogP contribution in [0.4, 0.5) is 22.0 Å². The van der Waals surface area contributed by atoms with E-state index in [1.165, 1.54) is 0 Å². The Hall–Kier alpha value is -0.253. The van der Waals surface area contributed by atoms with E-state index in [9.17, 15) is 27.1 Å². The van der Waals surface area contributed by atoms with Crippen LogP contribution >= 0.6 is 0 Å². The molecule has 1 rings (SSSR count). The molecule has 9 heteroatoms. The standard InChI is InChI=1S/C13H23F5O3Si/c1-10(2,3)8-6-7-11(19,21-22(4)5)20-9(8)12(14,15)13(16,17)18/h8-9,19,22H,6-7H2,1-5H3/t8-,9+,11?/m1/s1. The van der Waals surface area contributed by atoms with Crippen LogP contribution in [0.2, 0.25) is 13.1 Å². The first kappa shape index (κ1) is 19.8. The van der Waals surface area contributed by atoms with Crippen LogP contribution in [0.25, 0.3) is 0 Å². The summed E-state index contributed by atoms with van der Waals surface area (Å²) >= 11 is 0. The van der Waals surface area contributed by atoms with Gasteiger partial charge in [0.15, 0.2) is 9.04 Å². The first-order valence-corrected chi connectivity index (χ1v) is 9.91. The van der Waals surface area contributed by atoms with E-state index >= 15 is 0 Å². The van der Waals surface area contributed by atoms with Gasteiger partial charge in [-0.2, -0.15) is 22.0 Å². The molecular weight excluding hydrogens is 327 g/mol. The number of hydrogen-bond donors (Lipinski definition) is 1. The van der Waals surface area contributed by atoms with E-state index in [1.54, 1.807) is 33.9 Å². The van der Waals surface area contributed by atoms with Gasteiger partial charge in [0.25, 0.3) is 5.97 Å². The number of alkyl halides is 5. The molecule has 1 aliphatic rings. The Bertz CT molecular complexity index is 394. The monoisotopic (exact) mass is 350 g/mol. The Morgan fingerprint density at radius 2 is 1.64 bits per heavy atom. The van der Waals surface area contributed by atoms with Crippen molar-refractivity contribution in [3.8, 4) is 0 Å². The molecule has 0 aromatic heterocycles. The Labute approximate surface area is 128 Å². The lowest BCUT2D eigenvalue weighted by atomic mass is 9.71. The molecule has 132 valence electrons. The van der Waals surface area contributed by atoms with Crippen molar-refractivity contribution < 1.29 is 36.2 Å². The third-order valence-electron chi connectivity index (χ3n) is 3.72. The van der Waals surface area contributed by atoms with Crippen molar-refractivity contribution in [1.82, 2.24) is 0 Å². The molecule has 1 unspecified atom stereocenters. The highest BCUT2D eigenvalue weighted by Gasteiger charge is 2.68. The van der Waals surface area contributed by atoms with Gasteiger partial charge in [-0.1, -0.05) is 20.8 Å². The fraction of sp³-hybridized carbons (Fsp3) is 1.00. The topological polar surface area (TPSA) is 38.7 Å². The zero-order valence-electron chi connectivity index (χ0n) is 13.3. The first-order chi connectivity index (χ1) is 9.60. The predicted octanol–water partition coefficient (Wildman–Crippen LogP) is 3.67. The fourth-order valence-corrected chi connectivity index (χ4v) is 3.57. The van der Waals surface area contributed by atoms with Crippen LogP contribution in [-0.4, -0.2) is 38.3 Å². The summed E-state index contributed by atoms with van der Waals surface area (Å²) in [6, 6.07) is 0. The molecule has 0 spiro atoms. The highest BCUT2D eigenvalue weighted by molar-refractivity contribution is 6.48. The summed E-state index contributed by atoms with van der Waals surface area (Å²) in [5, 5.41) is 10.1. The van der Waals surface area contributed by atoms with Gasteiger partial charge in [-0.15, -0.1) is 0 Å². The Kier molecular flexibility index (Phi) is 5.39. The van der Waals surface area contributed by atoms with E-state index in [1.807, 2.05) is 0 Å². The molecule has 0 aromatic carbocycles. The maximum atomic E-state index is 13.9. The summed E-state index contributed by atoms with van der Waals surface area (Å²) in [5.41, 5.74) is -0.837. The molecule has 1 heterocycles. The highest BCUT2D eigenvalue weighted by atomic mass is 28.3. The molecule has 0 aromatic rings. The van der Waals surface area contributed by atoms with Gasteiger partial charge in [-0.05, 0) is 30.8 Å². The number of aliphatic hydroxyl groups is 1. The maximum absolute atomic E-state index is 13.9. The average Bonchev–Trinajstić information content (AvgIpc) is 2.23. The molecule has 3 nitrogen and oxygen atoms in total. The minimum atomic E-state index is -5.76. The second-order valence-corrected chi connectivity index (χ2v) is 9.38. The van der Waals surface area contributed by atoms with Crippen LogP contribution in [0.3, 0.4) is 0 Å². The third-order valence-corrected chi connectivity index (χ3v) is 4.56. The summed E-state index contributed by atoms with van der Waals surface area (Å²) in [5.74, 6) is -8.51. The van der Waals surface area contributed by atoms with Crippen LogP contribution < -0.4 is 0 Å². The van der Waals surface area contributed by atoms with Gasteiger partial charge < -0.3 is 14.3 Å². The molecule has 1 aliphatic heterocycles. The van der Waals surface area contributed by atoms with Gasteiger partial charge >= 0.3 is 12.1 Å². The van der Waals surface area contributed by atoms with E-state index in [-0.39, 0.29) is 12.8 Å². The van der Waals surface area contributed by atoms with Gasteiger partial charge in [0, 0.05) is 6.42 Å². The van der Waals surface area contributed by atoms with E-state index in [0.717, 1.165) is 0 Å². The number of halogens is 5. The molecule has 0 aliphatic carbocycles. The first-order valence-electron chi connectivity index (χ1n) is 7.13. The number of hydrogen-bond acceptors (Lipinski definition) is 3. The summed E-state index contributed by atoms with van der Waals surface area (Å²) in [4.78, 5) is 0. The lowest BCUT2D eigenvalue weighted by Crippen LogP contribution is -2.61. The molecule has 0 amide bonds. The molecule has 1 N–H and O–H groups in total. The highest BCUT2D eigenvalue weighted by Crippen LogP contribution is 2.51. The molecule has 1 saturated heterocycles. The molecule has 0 saturated carbocycles. The van der Waals surface area contributed by atoms with Crippen molar-refractivity contribution in [3.05, 3.63) is 0 Å². The Morgan fingerprint density at radius 3 is 2.00 bits per heavy atom. The second-order valence-electron chi connectivity index (χ2n) is 7.05. The van der Waals surface area contributed by atoms with Gasteiger partial charge in [-0.25, -0.2) is 0 Å².